The third kappa shape index (κ3) is 12.3. The molecule has 3 amide bonds. The minimum atomic E-state index is -1.54. The molecule has 0 bridgehead atoms. The molecular weight excluding hydrogens is 472 g/mol. The van der Waals surface area contributed by atoms with Gasteiger partial charge in [-0.15, -0.1) is 0 Å². The van der Waals surface area contributed by atoms with E-state index in [0.29, 0.717) is 6.42 Å². The van der Waals surface area contributed by atoms with Crippen molar-refractivity contribution in [2.75, 3.05) is 0 Å². The molecule has 5 atom stereocenters. The number of hydrogen-bond donors (Lipinski definition) is 8. The number of aliphatic carboxylic acids is 4. The SMILES string of the molecule is CCC(C)C(NC(=O)C(CCC(=O)O)NC(=O)C(N)CC(=O)O)C(=O)NC(CCC(=O)O)C(=O)O. The molecule has 0 heterocycles. The third-order valence-electron chi connectivity index (χ3n) is 5.07. The summed E-state index contributed by atoms with van der Waals surface area (Å²) in [6, 6.07) is -5.86. The van der Waals surface area contributed by atoms with Crippen LogP contribution < -0.4 is 21.7 Å². The average molecular weight is 504 g/mol. The molecule has 0 aromatic rings. The molecule has 0 aromatic heterocycles. The van der Waals surface area contributed by atoms with Crippen molar-refractivity contribution in [1.29, 1.82) is 0 Å². The molecule has 0 aromatic carbocycles. The van der Waals surface area contributed by atoms with Crippen LogP contribution in [0.2, 0.25) is 0 Å². The molecule has 15 heteroatoms. The highest BCUT2D eigenvalue weighted by molar-refractivity contribution is 5.95. The zero-order chi connectivity index (χ0) is 27.3. The molecule has 0 aliphatic heterocycles. The summed E-state index contributed by atoms with van der Waals surface area (Å²) in [6.45, 7) is 3.26. The summed E-state index contributed by atoms with van der Waals surface area (Å²) < 4.78 is 0. The Kier molecular flexibility index (Phi) is 13.6. The second kappa shape index (κ2) is 15.2. The van der Waals surface area contributed by atoms with Gasteiger partial charge in [0.15, 0.2) is 0 Å². The van der Waals surface area contributed by atoms with E-state index in [1.54, 1.807) is 13.8 Å². The summed E-state index contributed by atoms with van der Waals surface area (Å²) in [6.07, 6.45) is -2.29. The number of amides is 3. The second-order valence-electron chi connectivity index (χ2n) is 7.90. The van der Waals surface area contributed by atoms with Crippen molar-refractivity contribution in [3.63, 3.8) is 0 Å². The van der Waals surface area contributed by atoms with Crippen LogP contribution in [0.25, 0.3) is 0 Å². The fourth-order valence-corrected chi connectivity index (χ4v) is 2.84. The molecule has 35 heavy (non-hydrogen) atoms. The van der Waals surface area contributed by atoms with Gasteiger partial charge in [0, 0.05) is 12.8 Å². The summed E-state index contributed by atoms with van der Waals surface area (Å²) in [7, 11) is 0. The number of nitrogens with two attached hydrogens (primary N) is 1. The Hall–Kier alpha value is -3.75. The van der Waals surface area contributed by atoms with Crippen molar-refractivity contribution in [3.05, 3.63) is 0 Å². The Labute approximate surface area is 200 Å². The zero-order valence-electron chi connectivity index (χ0n) is 19.4. The number of nitrogens with one attached hydrogen (secondary N) is 3. The van der Waals surface area contributed by atoms with Gasteiger partial charge in [-0.25, -0.2) is 4.79 Å². The molecule has 15 nitrogen and oxygen atoms in total. The lowest BCUT2D eigenvalue weighted by Crippen LogP contribution is -2.58. The zero-order valence-corrected chi connectivity index (χ0v) is 19.4. The Morgan fingerprint density at radius 1 is 0.714 bits per heavy atom. The Morgan fingerprint density at radius 2 is 1.20 bits per heavy atom. The minimum Gasteiger partial charge on any atom is -0.481 e. The molecule has 0 saturated carbocycles. The van der Waals surface area contributed by atoms with Crippen LogP contribution in [0.3, 0.4) is 0 Å². The standard InChI is InChI=1S/C20H32N4O11/c1-3-9(2)16(19(33)23-12(20(34)35)5-7-14(27)28)24-18(32)11(4-6-13(25)26)22-17(31)10(21)8-15(29)30/h9-12,16H,3-8,21H2,1-2H3,(H,22,31)(H,23,33)(H,24,32)(H,25,26)(H,27,28)(H,29,30)(H,34,35). The summed E-state index contributed by atoms with van der Waals surface area (Å²) in [4.78, 5) is 81.7. The molecule has 9 N–H and O–H groups in total. The molecule has 5 unspecified atom stereocenters. The number of carboxylic acids is 4. The third-order valence-corrected chi connectivity index (χ3v) is 5.07. The first-order chi connectivity index (χ1) is 16.2. The van der Waals surface area contributed by atoms with E-state index in [2.05, 4.69) is 16.0 Å². The van der Waals surface area contributed by atoms with Crippen molar-refractivity contribution in [2.24, 2.45) is 11.7 Å². The Bertz CT molecular complexity index is 817. The van der Waals surface area contributed by atoms with Crippen LogP contribution in [-0.2, 0) is 33.6 Å². The van der Waals surface area contributed by atoms with Crippen LogP contribution in [-0.4, -0.2) is 86.2 Å². The van der Waals surface area contributed by atoms with E-state index in [-0.39, 0.29) is 0 Å². The number of carbonyl (C=O) groups excluding carboxylic acids is 3. The molecule has 0 aliphatic rings. The first kappa shape index (κ1) is 31.2. The largest absolute Gasteiger partial charge is 0.481 e. The first-order valence-electron chi connectivity index (χ1n) is 10.7. The molecule has 0 aliphatic carbocycles. The van der Waals surface area contributed by atoms with Gasteiger partial charge in [-0.1, -0.05) is 20.3 Å². The molecular formula is C20H32N4O11. The van der Waals surface area contributed by atoms with E-state index < -0.39 is 104 Å². The summed E-state index contributed by atoms with van der Waals surface area (Å²) in [5, 5.41) is 42.4. The van der Waals surface area contributed by atoms with Gasteiger partial charge in [-0.05, 0) is 18.8 Å². The molecule has 0 radical (unpaired) electrons. The maximum atomic E-state index is 12.9. The molecule has 198 valence electrons. The number of carbonyl (C=O) groups is 7. The fraction of sp³-hybridized carbons (Fsp3) is 0.650. The highest BCUT2D eigenvalue weighted by atomic mass is 16.4. The van der Waals surface area contributed by atoms with E-state index in [0.717, 1.165) is 0 Å². The normalized spacial score (nSPS) is 14.9. The Balaban J connectivity index is 5.63. The monoisotopic (exact) mass is 504 g/mol. The maximum absolute atomic E-state index is 12.9. The minimum absolute atomic E-state index is 0.348. The summed E-state index contributed by atoms with van der Waals surface area (Å²) in [5.41, 5.74) is 5.47. The van der Waals surface area contributed by atoms with E-state index in [9.17, 15) is 38.7 Å². The van der Waals surface area contributed by atoms with Gasteiger partial charge in [0.1, 0.15) is 18.1 Å². The first-order valence-corrected chi connectivity index (χ1v) is 10.7. The van der Waals surface area contributed by atoms with E-state index in [1.165, 1.54) is 0 Å². The highest BCUT2D eigenvalue weighted by Gasteiger charge is 2.33. The van der Waals surface area contributed by atoms with Crippen LogP contribution in [0.4, 0.5) is 0 Å². The molecule has 0 saturated heterocycles. The number of carboxylic acid groups (broad SMARTS) is 4. The lowest BCUT2D eigenvalue weighted by Gasteiger charge is -2.28. The summed E-state index contributed by atoms with van der Waals surface area (Å²) >= 11 is 0. The van der Waals surface area contributed by atoms with Gasteiger partial charge in [-0.3, -0.25) is 28.8 Å². The van der Waals surface area contributed by atoms with Crippen LogP contribution in [0.15, 0.2) is 0 Å². The summed E-state index contributed by atoms with van der Waals surface area (Å²) in [5.74, 6) is -8.87. The average Bonchev–Trinajstić information content (AvgIpc) is 2.75. The van der Waals surface area contributed by atoms with Crippen LogP contribution in [0, 0.1) is 5.92 Å². The number of hydrogen-bond acceptors (Lipinski definition) is 8. The number of rotatable bonds is 17. The fourth-order valence-electron chi connectivity index (χ4n) is 2.84. The lowest BCUT2D eigenvalue weighted by molar-refractivity contribution is -0.143. The predicted molar refractivity (Wildman–Crippen MR) is 117 cm³/mol. The molecule has 0 spiro atoms. The van der Waals surface area contributed by atoms with E-state index in [1.807, 2.05) is 0 Å². The smallest absolute Gasteiger partial charge is 0.326 e. The van der Waals surface area contributed by atoms with Crippen molar-refractivity contribution >= 4 is 41.6 Å². The van der Waals surface area contributed by atoms with Gasteiger partial charge in [0.05, 0.1) is 12.5 Å². The van der Waals surface area contributed by atoms with Crippen molar-refractivity contribution < 1.29 is 54.0 Å². The predicted octanol–water partition coefficient (Wildman–Crippen LogP) is -1.90. The van der Waals surface area contributed by atoms with Gasteiger partial charge < -0.3 is 42.1 Å². The molecule has 0 rings (SSSR count). The lowest BCUT2D eigenvalue weighted by atomic mass is 9.96. The van der Waals surface area contributed by atoms with Gasteiger partial charge >= 0.3 is 23.9 Å². The van der Waals surface area contributed by atoms with Crippen LogP contribution in [0.1, 0.15) is 52.4 Å². The van der Waals surface area contributed by atoms with Gasteiger partial charge in [0.25, 0.3) is 0 Å². The van der Waals surface area contributed by atoms with E-state index >= 15 is 0 Å². The Morgan fingerprint density at radius 3 is 1.63 bits per heavy atom. The van der Waals surface area contributed by atoms with Crippen LogP contribution >= 0.6 is 0 Å². The molecule has 0 fully saturated rings. The van der Waals surface area contributed by atoms with Crippen molar-refractivity contribution in [3.8, 4) is 0 Å². The topological polar surface area (TPSA) is 263 Å². The van der Waals surface area contributed by atoms with Crippen molar-refractivity contribution in [1.82, 2.24) is 16.0 Å². The van der Waals surface area contributed by atoms with Gasteiger partial charge in [-0.2, -0.15) is 0 Å². The maximum Gasteiger partial charge on any atom is 0.326 e. The van der Waals surface area contributed by atoms with E-state index in [4.69, 9.17) is 21.1 Å². The second-order valence-corrected chi connectivity index (χ2v) is 7.90. The van der Waals surface area contributed by atoms with Crippen LogP contribution in [0.5, 0.6) is 0 Å². The quantitative estimate of drug-likeness (QED) is 0.108. The highest BCUT2D eigenvalue weighted by Crippen LogP contribution is 2.11. The van der Waals surface area contributed by atoms with Crippen molar-refractivity contribution in [2.45, 2.75) is 76.5 Å². The van der Waals surface area contributed by atoms with Gasteiger partial charge in [0.2, 0.25) is 17.7 Å².